The lowest BCUT2D eigenvalue weighted by molar-refractivity contribution is -0.134. The van der Waals surface area contributed by atoms with Crippen LogP contribution in [-0.4, -0.2) is 32.1 Å². The van der Waals surface area contributed by atoms with Crippen molar-refractivity contribution in [2.45, 2.75) is 54.2 Å². The van der Waals surface area contributed by atoms with Gasteiger partial charge >= 0.3 is 5.97 Å². The maximum absolute atomic E-state index is 10.8. The van der Waals surface area contributed by atoms with E-state index in [9.17, 15) is 4.79 Å². The van der Waals surface area contributed by atoms with Crippen molar-refractivity contribution in [2.75, 3.05) is 13.7 Å². The van der Waals surface area contributed by atoms with Gasteiger partial charge in [-0.15, -0.1) is 0 Å². The van der Waals surface area contributed by atoms with Crippen LogP contribution in [0.5, 0.6) is 0 Å². The first-order valence-electron chi connectivity index (χ1n) is 7.07. The number of carbonyl (C=O) groups excluding carboxylic acids is 1. The summed E-state index contributed by atoms with van der Waals surface area (Å²) >= 11 is 0. The Bertz CT molecular complexity index is 229. The lowest BCUT2D eigenvalue weighted by atomic mass is 9.94. The molecule has 0 bridgehead atoms. The van der Waals surface area contributed by atoms with E-state index in [2.05, 4.69) is 4.74 Å². The summed E-state index contributed by atoms with van der Waals surface area (Å²) in [5.74, 6) is -0.0802. The first-order valence-corrected chi connectivity index (χ1v) is 6.50. The van der Waals surface area contributed by atoms with Gasteiger partial charge in [0.05, 0.1) is 7.11 Å². The number of aliphatic hydroxyl groups is 1. The molecule has 0 spiro atoms. The standard InChI is InChI=1S/C9H16O3.C3H8B.C2H6/c1-7(2)8(4-5-10)6-9(11)12-3;1-3-4-2;1-2/h6-7,10H,4-5H2,1-3H3;3H2,1-2H3;1-2H3/b8-6+;;/i;3+1H;. The summed E-state index contributed by atoms with van der Waals surface area (Å²) in [6, 6.07) is 0. The minimum Gasteiger partial charge on any atom is -0.466 e. The van der Waals surface area contributed by atoms with Crippen LogP contribution in [0.15, 0.2) is 11.6 Å². The molecule has 0 aliphatic rings. The highest BCUT2D eigenvalue weighted by molar-refractivity contribution is 6.33. The van der Waals surface area contributed by atoms with E-state index in [1.54, 1.807) is 0 Å². The van der Waals surface area contributed by atoms with Gasteiger partial charge in [0.15, 0.2) is 0 Å². The zero-order valence-electron chi connectivity index (χ0n) is 14.0. The van der Waals surface area contributed by atoms with Crippen LogP contribution in [0.3, 0.4) is 0 Å². The van der Waals surface area contributed by atoms with Crippen LogP contribution in [0, 0.1) is 5.92 Å². The van der Waals surface area contributed by atoms with Crippen LogP contribution in [0.4, 0.5) is 0 Å². The largest absolute Gasteiger partial charge is 0.466 e. The fourth-order valence-electron chi connectivity index (χ4n) is 0.867. The van der Waals surface area contributed by atoms with Crippen molar-refractivity contribution >= 4 is 13.2 Å². The number of carbonyl (C=O) groups is 1. The second kappa shape index (κ2) is 18.6. The Hall–Kier alpha value is -0.765. The van der Waals surface area contributed by atoms with Gasteiger partial charge in [-0.3, -0.25) is 0 Å². The summed E-state index contributed by atoms with van der Waals surface area (Å²) in [5.41, 5.74) is 0.921. The van der Waals surface area contributed by atoms with Crippen LogP contribution in [-0.2, 0) is 9.53 Å². The second-order valence-electron chi connectivity index (χ2n) is 3.54. The first kappa shape index (κ1) is 19.6. The molecule has 18 heavy (non-hydrogen) atoms. The number of esters is 1. The number of hydrogen-bond acceptors (Lipinski definition) is 3. The van der Waals surface area contributed by atoms with Crippen molar-refractivity contribution < 1.29 is 16.0 Å². The second-order valence-corrected chi connectivity index (χ2v) is 3.54. The first-order chi connectivity index (χ1) is 8.88. The van der Waals surface area contributed by atoms with Crippen LogP contribution >= 0.6 is 0 Å². The number of hydrogen-bond donors (Lipinski definition) is 1. The molecule has 0 aliphatic carbocycles. The van der Waals surface area contributed by atoms with Crippen molar-refractivity contribution in [3.05, 3.63) is 11.6 Å². The Morgan fingerprint density at radius 2 is 1.94 bits per heavy atom. The van der Waals surface area contributed by atoms with Gasteiger partial charge in [0.1, 0.15) is 7.28 Å². The number of ether oxygens (including phenoxy) is 1. The van der Waals surface area contributed by atoms with Crippen LogP contribution in [0.2, 0.25) is 13.1 Å². The zero-order chi connectivity index (χ0) is 15.8. The Labute approximate surface area is 115 Å². The maximum atomic E-state index is 10.8. The fraction of sp³-hybridized carbons (Fsp3) is 0.786. The normalized spacial score (nSPS) is 12.3. The molecule has 0 aliphatic heterocycles. The molecule has 0 heterocycles. The third-order valence-electron chi connectivity index (χ3n) is 1.98. The summed E-state index contributed by atoms with van der Waals surface area (Å²) in [6.07, 6.45) is 1.99. The van der Waals surface area contributed by atoms with Crippen molar-refractivity contribution in [3.8, 4) is 0 Å². The highest BCUT2D eigenvalue weighted by atomic mass is 16.5. The van der Waals surface area contributed by atoms with Crippen molar-refractivity contribution in [1.29, 1.82) is 0 Å². The minimum atomic E-state index is -0.354. The zero-order valence-corrected chi connectivity index (χ0v) is 13.0. The van der Waals surface area contributed by atoms with E-state index in [1.807, 2.05) is 48.7 Å². The SMILES string of the molecule is CC.COC(=O)/C=C(\CCO)C(C)C.[1H][13CH](C)[B]C. The van der Waals surface area contributed by atoms with Crippen LogP contribution in [0.1, 0.15) is 42.4 Å². The van der Waals surface area contributed by atoms with E-state index >= 15 is 0 Å². The van der Waals surface area contributed by atoms with Gasteiger partial charge < -0.3 is 9.84 Å². The molecule has 0 rings (SSSR count). The predicted molar refractivity (Wildman–Crippen MR) is 80.1 cm³/mol. The Morgan fingerprint density at radius 3 is 2.17 bits per heavy atom. The average molecular weight is 258 g/mol. The van der Waals surface area contributed by atoms with Gasteiger partial charge in [0.25, 0.3) is 0 Å². The summed E-state index contributed by atoms with van der Waals surface area (Å²) in [4.78, 5) is 10.8. The van der Waals surface area contributed by atoms with E-state index in [1.165, 1.54) is 13.2 Å². The van der Waals surface area contributed by atoms with Crippen LogP contribution in [0.25, 0.3) is 0 Å². The number of methoxy groups -OCH3 is 1. The van der Waals surface area contributed by atoms with Gasteiger partial charge in [0, 0.05) is 14.1 Å². The Morgan fingerprint density at radius 1 is 1.50 bits per heavy atom. The molecule has 1 radical (unpaired) electrons. The average Bonchev–Trinajstić information content (AvgIpc) is 2.40. The van der Waals surface area contributed by atoms with Crippen molar-refractivity contribution in [2.24, 2.45) is 5.92 Å². The van der Waals surface area contributed by atoms with E-state index in [4.69, 9.17) is 6.48 Å². The summed E-state index contributed by atoms with van der Waals surface area (Å²) < 4.78 is 11.3. The minimum absolute atomic E-state index is 0.00926. The van der Waals surface area contributed by atoms with Crippen LogP contribution < -0.4 is 0 Å². The third-order valence-corrected chi connectivity index (χ3v) is 1.98. The molecule has 0 aromatic carbocycles. The molecule has 0 saturated carbocycles. The molecule has 1 N–H and O–H groups in total. The quantitative estimate of drug-likeness (QED) is 0.356. The van der Waals surface area contributed by atoms with Gasteiger partial charge in [-0.1, -0.05) is 53.3 Å². The monoisotopic (exact) mass is 258 g/mol. The smallest absolute Gasteiger partial charge is 0.330 e. The van der Waals surface area contributed by atoms with E-state index in [0.717, 1.165) is 5.57 Å². The molecule has 0 aromatic rings. The third kappa shape index (κ3) is 17.6. The van der Waals surface area contributed by atoms with E-state index in [-0.39, 0.29) is 24.8 Å². The van der Waals surface area contributed by atoms with E-state index < -0.39 is 0 Å². The molecular weight excluding hydrogens is 228 g/mol. The topological polar surface area (TPSA) is 46.5 Å². The molecule has 1 atom stereocenters. The molecule has 0 saturated heterocycles. The van der Waals surface area contributed by atoms with Crippen molar-refractivity contribution in [1.82, 2.24) is 0 Å². The Balaban J connectivity index is -0.000000307. The number of rotatable bonds is 5. The highest BCUT2D eigenvalue weighted by Gasteiger charge is 2.05. The van der Waals surface area contributed by atoms with E-state index in [0.29, 0.717) is 6.42 Å². The molecule has 0 fully saturated rings. The molecule has 0 aromatic heterocycles. The fourth-order valence-corrected chi connectivity index (χ4v) is 0.867. The van der Waals surface area contributed by atoms with Gasteiger partial charge in [-0.05, 0) is 12.3 Å². The van der Waals surface area contributed by atoms with Gasteiger partial charge in [-0.25, -0.2) is 4.79 Å². The molecule has 3 nitrogen and oxygen atoms in total. The molecular formula is C14H30BO3. The van der Waals surface area contributed by atoms with Gasteiger partial charge in [0.2, 0.25) is 0 Å². The predicted octanol–water partition coefficient (Wildman–Crippen LogP) is 3.33. The Kier molecular flexibility index (Phi) is 20.2. The molecule has 1 unspecified atom stereocenters. The molecule has 4 heteroatoms. The molecule has 107 valence electrons. The lowest BCUT2D eigenvalue weighted by Crippen LogP contribution is -2.03. The summed E-state index contributed by atoms with van der Waals surface area (Å²) in [5, 5.41) is 8.68. The van der Waals surface area contributed by atoms with Gasteiger partial charge in [-0.2, -0.15) is 0 Å². The molecule has 0 amide bonds. The highest BCUT2D eigenvalue weighted by Crippen LogP contribution is 2.12. The lowest BCUT2D eigenvalue weighted by Gasteiger charge is -2.08. The summed E-state index contributed by atoms with van der Waals surface area (Å²) in [7, 11) is 3.18. The summed E-state index contributed by atoms with van der Waals surface area (Å²) in [6.45, 7) is 11.7. The van der Waals surface area contributed by atoms with Crippen molar-refractivity contribution in [3.63, 3.8) is 0 Å². The maximum Gasteiger partial charge on any atom is 0.330 e. The number of aliphatic hydroxyl groups excluding tert-OH is 1.